The van der Waals surface area contributed by atoms with E-state index in [1.54, 1.807) is 11.8 Å². The molecule has 8 nitrogen and oxygen atoms in total. The Hall–Kier alpha value is -0.910. The Morgan fingerprint density at radius 2 is 2.23 bits per heavy atom. The maximum absolute atomic E-state index is 6.76. The van der Waals surface area contributed by atoms with Crippen molar-refractivity contribution < 1.29 is 19.1 Å². The fraction of sp³-hybridized carbons (Fsp3) is 0.750. The predicted molar refractivity (Wildman–Crippen MR) is 117 cm³/mol. The quantitative estimate of drug-likeness (QED) is 0.675. The highest BCUT2D eigenvalue weighted by Crippen LogP contribution is 2.54. The summed E-state index contributed by atoms with van der Waals surface area (Å²) in [6, 6.07) is 0. The smallest absolute Gasteiger partial charge is 0.215 e. The van der Waals surface area contributed by atoms with Gasteiger partial charge < -0.3 is 14.3 Å². The zero-order valence-corrected chi connectivity index (χ0v) is 18.6. The van der Waals surface area contributed by atoms with Crippen molar-refractivity contribution in [2.45, 2.75) is 48.1 Å². The van der Waals surface area contributed by atoms with Crippen LogP contribution in [0, 0.1) is 0 Å². The number of ether oxygens (including phenoxy) is 2. The van der Waals surface area contributed by atoms with Crippen molar-refractivity contribution in [3.05, 3.63) is 22.9 Å². The highest BCUT2D eigenvalue weighted by atomic mass is 32.2. The van der Waals surface area contributed by atoms with Gasteiger partial charge in [-0.3, -0.25) is 15.2 Å². The summed E-state index contributed by atoms with van der Waals surface area (Å²) < 4.78 is 12.3. The van der Waals surface area contributed by atoms with Crippen molar-refractivity contribution in [1.29, 1.82) is 0 Å². The minimum atomic E-state index is -0.603. The van der Waals surface area contributed by atoms with Crippen LogP contribution in [0.3, 0.4) is 0 Å². The number of nitrogens with zero attached hydrogens (tertiary/aromatic N) is 3. The van der Waals surface area contributed by atoms with E-state index in [0.717, 1.165) is 62.1 Å². The monoisotopic (exact) mass is 452 g/mol. The molecule has 4 atom stereocenters. The molecule has 6 aliphatic heterocycles. The molecule has 0 spiro atoms. The normalized spacial score (nSPS) is 39.3. The lowest BCUT2D eigenvalue weighted by molar-refractivity contribution is -0.165. The summed E-state index contributed by atoms with van der Waals surface area (Å²) in [7, 11) is 0. The van der Waals surface area contributed by atoms with Crippen molar-refractivity contribution in [1.82, 2.24) is 15.4 Å². The van der Waals surface area contributed by atoms with Crippen molar-refractivity contribution in [3.8, 4) is 0 Å². The Labute approximate surface area is 185 Å². The molecule has 6 heterocycles. The van der Waals surface area contributed by atoms with Crippen LogP contribution < -0.4 is 5.32 Å². The van der Waals surface area contributed by atoms with Gasteiger partial charge in [0.1, 0.15) is 17.7 Å². The summed E-state index contributed by atoms with van der Waals surface area (Å²) in [6.45, 7) is 4.37. The average molecular weight is 453 g/mol. The molecule has 4 unspecified atom stereocenters. The largest absolute Gasteiger partial charge is 0.477 e. The number of hydrogen-bond acceptors (Lipinski definition) is 10. The van der Waals surface area contributed by atoms with Gasteiger partial charge in [0.15, 0.2) is 17.5 Å². The lowest BCUT2D eigenvalue weighted by Crippen LogP contribution is -2.62. The van der Waals surface area contributed by atoms with Crippen LogP contribution in [-0.4, -0.2) is 83.6 Å². The van der Waals surface area contributed by atoms with E-state index < -0.39 is 5.54 Å². The summed E-state index contributed by atoms with van der Waals surface area (Å²) >= 11 is 3.81. The van der Waals surface area contributed by atoms with Gasteiger partial charge >= 0.3 is 0 Å². The minimum Gasteiger partial charge on any atom is -0.477 e. The first-order valence-corrected chi connectivity index (χ1v) is 13.0. The van der Waals surface area contributed by atoms with Crippen molar-refractivity contribution in [3.63, 3.8) is 0 Å². The molecule has 0 aliphatic carbocycles. The number of nitrogens with one attached hydrogen (secondary N) is 1. The predicted octanol–water partition coefficient (Wildman–Crippen LogP) is 2.07. The Balaban J connectivity index is 1.53. The number of thioether (sulfide) groups is 2. The van der Waals surface area contributed by atoms with Crippen LogP contribution in [-0.2, 0) is 19.1 Å². The third-order valence-corrected chi connectivity index (χ3v) is 8.88. The molecule has 6 aliphatic rings. The summed E-state index contributed by atoms with van der Waals surface area (Å²) in [4.78, 5) is 17.8. The second kappa shape index (κ2) is 8.22. The third kappa shape index (κ3) is 3.02. The number of hydroxylamine groups is 4. The van der Waals surface area contributed by atoms with E-state index >= 15 is 0 Å². The summed E-state index contributed by atoms with van der Waals surface area (Å²) in [5.74, 6) is 2.74. The minimum absolute atomic E-state index is 0.162. The Morgan fingerprint density at radius 1 is 1.23 bits per heavy atom. The van der Waals surface area contributed by atoms with Crippen LogP contribution in [0.15, 0.2) is 27.9 Å². The van der Waals surface area contributed by atoms with E-state index in [9.17, 15) is 0 Å². The first-order chi connectivity index (χ1) is 14.9. The van der Waals surface area contributed by atoms with Gasteiger partial charge in [-0.05, 0) is 36.8 Å². The fourth-order valence-corrected chi connectivity index (χ4v) is 7.58. The van der Waals surface area contributed by atoms with Gasteiger partial charge in [-0.25, -0.2) is 4.99 Å². The second-order valence-electron chi connectivity index (χ2n) is 8.13. The maximum Gasteiger partial charge on any atom is 0.215 e. The van der Waals surface area contributed by atoms with E-state index in [0.29, 0.717) is 19.8 Å². The molecule has 164 valence electrons. The lowest BCUT2D eigenvalue weighted by Gasteiger charge is -2.44. The number of rotatable bonds is 5. The molecule has 0 aromatic rings. The summed E-state index contributed by atoms with van der Waals surface area (Å²) in [5.41, 5.74) is 0.432. The molecule has 10 heteroatoms. The SMILES string of the molecule is C1=CSC(N2OC(C3NCCO3)=C(N3CCCO3)C2(C2=NCCO2)C2CCCS2)C1. The Kier molecular flexibility index (Phi) is 5.41. The molecule has 0 amide bonds. The van der Waals surface area contributed by atoms with Crippen LogP contribution in [0.1, 0.15) is 25.7 Å². The van der Waals surface area contributed by atoms with E-state index in [-0.39, 0.29) is 16.9 Å². The van der Waals surface area contributed by atoms with Crippen LogP contribution in [0.5, 0.6) is 0 Å². The van der Waals surface area contributed by atoms with Crippen molar-refractivity contribution in [2.75, 3.05) is 45.2 Å². The lowest BCUT2D eigenvalue weighted by atomic mass is 9.86. The first kappa shape index (κ1) is 19.8. The van der Waals surface area contributed by atoms with Gasteiger partial charge in [0.2, 0.25) is 5.90 Å². The van der Waals surface area contributed by atoms with E-state index in [2.05, 4.69) is 26.9 Å². The maximum atomic E-state index is 6.76. The molecule has 1 N–H and O–H groups in total. The van der Waals surface area contributed by atoms with Gasteiger partial charge in [0, 0.05) is 18.3 Å². The summed E-state index contributed by atoms with van der Waals surface area (Å²) in [5, 5.41) is 10.3. The van der Waals surface area contributed by atoms with Crippen molar-refractivity contribution >= 4 is 29.4 Å². The topological polar surface area (TPSA) is 67.8 Å². The number of aliphatic imine (C=N–C) groups is 1. The number of hydrogen-bond donors (Lipinski definition) is 1. The molecule has 0 radical (unpaired) electrons. The van der Waals surface area contributed by atoms with Gasteiger partial charge in [0.25, 0.3) is 0 Å². The van der Waals surface area contributed by atoms with Crippen LogP contribution in [0.4, 0.5) is 0 Å². The first-order valence-electron chi connectivity index (χ1n) is 11.0. The highest BCUT2D eigenvalue weighted by Gasteiger charge is 2.66. The third-order valence-electron chi connectivity index (χ3n) is 6.33. The van der Waals surface area contributed by atoms with Gasteiger partial charge in [-0.1, -0.05) is 6.08 Å². The van der Waals surface area contributed by atoms with Gasteiger partial charge in [0.05, 0.1) is 19.8 Å². The zero-order chi connectivity index (χ0) is 20.0. The fourth-order valence-electron chi connectivity index (χ4n) is 5.13. The van der Waals surface area contributed by atoms with Crippen LogP contribution >= 0.6 is 23.5 Å². The highest BCUT2D eigenvalue weighted by molar-refractivity contribution is 8.02. The molecule has 0 aromatic carbocycles. The van der Waals surface area contributed by atoms with Gasteiger partial charge in [-0.15, -0.1) is 16.8 Å². The van der Waals surface area contributed by atoms with Crippen LogP contribution in [0.2, 0.25) is 0 Å². The van der Waals surface area contributed by atoms with E-state index in [1.807, 2.05) is 11.8 Å². The van der Waals surface area contributed by atoms with Crippen LogP contribution in [0.25, 0.3) is 0 Å². The van der Waals surface area contributed by atoms with E-state index in [4.69, 9.17) is 24.1 Å². The Bertz CT molecular complexity index is 752. The Morgan fingerprint density at radius 3 is 2.90 bits per heavy atom. The molecule has 30 heavy (non-hydrogen) atoms. The van der Waals surface area contributed by atoms with Gasteiger partial charge in [-0.2, -0.15) is 11.8 Å². The van der Waals surface area contributed by atoms with Crippen molar-refractivity contribution in [2.24, 2.45) is 4.99 Å². The molecule has 0 saturated carbocycles. The second-order valence-corrected chi connectivity index (χ2v) is 10.5. The molecular formula is C20H28N4O4S2. The van der Waals surface area contributed by atoms with E-state index in [1.165, 1.54) is 6.42 Å². The summed E-state index contributed by atoms with van der Waals surface area (Å²) in [6.07, 6.45) is 6.16. The molecule has 6 rings (SSSR count). The molecule has 0 bridgehead atoms. The molecule has 0 aromatic heterocycles. The molecule has 3 saturated heterocycles. The average Bonchev–Trinajstić information content (AvgIpc) is 3.62. The molecular weight excluding hydrogens is 424 g/mol. The zero-order valence-electron chi connectivity index (χ0n) is 17.0. The standard InChI is InChI=1S/C20H28N4O4S2/c1-4-14(29-12-1)20(19-22-7-11-26-19)17(23-8-3-9-27-23)16(18-21-6-10-25-18)28-24(20)15-5-2-13-30-15/h2,13-15,18,21H,1,3-12H2. The molecule has 3 fully saturated rings.